The normalized spacial score (nSPS) is 26.8. The first-order chi connectivity index (χ1) is 8.20. The molecule has 0 aromatic rings. The van der Waals surface area contributed by atoms with E-state index < -0.39 is 12.0 Å². The van der Waals surface area contributed by atoms with Crippen molar-refractivity contribution in [3.63, 3.8) is 0 Å². The third-order valence-electron chi connectivity index (χ3n) is 3.38. The quantitative estimate of drug-likeness (QED) is 0.669. The largest absolute Gasteiger partial charge is 0.480 e. The number of aliphatic carboxylic acids is 1. The summed E-state index contributed by atoms with van der Waals surface area (Å²) >= 11 is 0. The van der Waals surface area contributed by atoms with Crippen LogP contribution in [0.5, 0.6) is 0 Å². The molecule has 2 rings (SSSR count). The molecule has 0 bridgehead atoms. The molecular weight excluding hydrogens is 224 g/mol. The van der Waals surface area contributed by atoms with Crippen LogP contribution in [0.2, 0.25) is 0 Å². The molecule has 0 radical (unpaired) electrons. The minimum Gasteiger partial charge on any atom is -0.480 e. The van der Waals surface area contributed by atoms with Crippen LogP contribution in [-0.2, 0) is 14.3 Å². The zero-order chi connectivity index (χ0) is 12.3. The fourth-order valence-corrected chi connectivity index (χ4v) is 2.37. The zero-order valence-corrected chi connectivity index (χ0v) is 9.72. The Morgan fingerprint density at radius 3 is 2.65 bits per heavy atom. The number of hydrogen-bond acceptors (Lipinski definition) is 4. The fourth-order valence-electron chi connectivity index (χ4n) is 2.37. The highest BCUT2D eigenvalue weighted by Crippen LogP contribution is 2.19. The van der Waals surface area contributed by atoms with Crippen LogP contribution >= 0.6 is 0 Å². The van der Waals surface area contributed by atoms with E-state index in [1.807, 2.05) is 0 Å². The minimum absolute atomic E-state index is 0.0257. The third kappa shape index (κ3) is 2.76. The van der Waals surface area contributed by atoms with Gasteiger partial charge in [-0.2, -0.15) is 0 Å². The monoisotopic (exact) mass is 242 g/mol. The van der Waals surface area contributed by atoms with Gasteiger partial charge < -0.3 is 20.1 Å². The summed E-state index contributed by atoms with van der Waals surface area (Å²) in [6.07, 6.45) is 1.41. The number of amides is 1. The molecule has 2 N–H and O–H groups in total. The van der Waals surface area contributed by atoms with Gasteiger partial charge in [0.1, 0.15) is 6.04 Å². The summed E-state index contributed by atoms with van der Waals surface area (Å²) in [5.74, 6) is -1.02. The third-order valence-corrected chi connectivity index (χ3v) is 3.38. The summed E-state index contributed by atoms with van der Waals surface area (Å²) in [4.78, 5) is 24.8. The number of carbonyl (C=O) groups excluding carboxylic acids is 1. The Morgan fingerprint density at radius 1 is 1.29 bits per heavy atom. The second-order valence-electron chi connectivity index (χ2n) is 4.48. The Labute approximate surface area is 99.9 Å². The summed E-state index contributed by atoms with van der Waals surface area (Å²) in [5, 5.41) is 12.1. The van der Waals surface area contributed by atoms with Crippen LogP contribution in [0.25, 0.3) is 0 Å². The van der Waals surface area contributed by atoms with Crippen molar-refractivity contribution in [1.82, 2.24) is 10.2 Å². The number of ether oxygens (including phenoxy) is 1. The molecule has 1 atom stereocenters. The van der Waals surface area contributed by atoms with Gasteiger partial charge >= 0.3 is 5.97 Å². The Kier molecular flexibility index (Phi) is 3.96. The van der Waals surface area contributed by atoms with Crippen molar-refractivity contribution in [3.8, 4) is 0 Å². The van der Waals surface area contributed by atoms with Gasteiger partial charge in [-0.25, -0.2) is 4.79 Å². The van der Waals surface area contributed by atoms with E-state index >= 15 is 0 Å². The molecule has 2 aliphatic rings. The Hall–Kier alpha value is -1.14. The first-order valence-corrected chi connectivity index (χ1v) is 6.02. The van der Waals surface area contributed by atoms with E-state index in [0.717, 1.165) is 0 Å². The molecule has 0 spiro atoms. The van der Waals surface area contributed by atoms with E-state index in [1.165, 1.54) is 4.90 Å². The summed E-state index contributed by atoms with van der Waals surface area (Å²) in [5.41, 5.74) is 0. The van der Waals surface area contributed by atoms with E-state index in [4.69, 9.17) is 9.84 Å². The standard InChI is InChI=1S/C11H18N2O4/c14-10(8-1-5-17-6-2-8)13-4-3-12-7-9(13)11(15)16/h8-9,12H,1-7H2,(H,15,16). The Balaban J connectivity index is 2.02. The summed E-state index contributed by atoms with van der Waals surface area (Å²) in [6.45, 7) is 2.68. The van der Waals surface area contributed by atoms with Crippen LogP contribution in [0.4, 0.5) is 0 Å². The van der Waals surface area contributed by atoms with Gasteiger partial charge in [0, 0.05) is 38.8 Å². The summed E-state index contributed by atoms with van der Waals surface area (Å²) in [7, 11) is 0. The van der Waals surface area contributed by atoms with E-state index in [2.05, 4.69) is 5.32 Å². The topological polar surface area (TPSA) is 78.9 Å². The van der Waals surface area contributed by atoms with Gasteiger partial charge in [0.05, 0.1) is 0 Å². The molecule has 17 heavy (non-hydrogen) atoms. The van der Waals surface area contributed by atoms with Gasteiger partial charge in [-0.1, -0.05) is 0 Å². The number of nitrogens with zero attached hydrogens (tertiary/aromatic N) is 1. The van der Waals surface area contributed by atoms with Gasteiger partial charge in [0.15, 0.2) is 0 Å². The molecule has 2 fully saturated rings. The highest BCUT2D eigenvalue weighted by Gasteiger charge is 2.35. The van der Waals surface area contributed by atoms with Gasteiger partial charge in [-0.15, -0.1) is 0 Å². The van der Waals surface area contributed by atoms with Gasteiger partial charge in [0.25, 0.3) is 0 Å². The number of carboxylic acid groups (broad SMARTS) is 1. The zero-order valence-electron chi connectivity index (χ0n) is 9.72. The number of hydrogen-bond donors (Lipinski definition) is 2. The van der Waals surface area contributed by atoms with E-state index in [0.29, 0.717) is 45.7 Å². The molecule has 2 aliphatic heterocycles. The maximum absolute atomic E-state index is 12.2. The number of carbonyl (C=O) groups is 2. The molecule has 0 aliphatic carbocycles. The lowest BCUT2D eigenvalue weighted by atomic mass is 9.97. The van der Waals surface area contributed by atoms with Crippen molar-refractivity contribution in [2.45, 2.75) is 18.9 Å². The molecule has 2 heterocycles. The van der Waals surface area contributed by atoms with Crippen LogP contribution < -0.4 is 5.32 Å². The predicted octanol–water partition coefficient (Wildman–Crippen LogP) is -0.702. The molecule has 96 valence electrons. The van der Waals surface area contributed by atoms with Crippen LogP contribution in [0.1, 0.15) is 12.8 Å². The predicted molar refractivity (Wildman–Crippen MR) is 59.5 cm³/mol. The number of carboxylic acids is 1. The van der Waals surface area contributed by atoms with Crippen molar-refractivity contribution < 1.29 is 19.4 Å². The SMILES string of the molecule is O=C(O)C1CNCCN1C(=O)C1CCOCC1. The Morgan fingerprint density at radius 2 is 2.00 bits per heavy atom. The highest BCUT2D eigenvalue weighted by atomic mass is 16.5. The summed E-state index contributed by atoms with van der Waals surface area (Å²) in [6, 6.07) is -0.723. The van der Waals surface area contributed by atoms with E-state index in [1.54, 1.807) is 0 Å². The van der Waals surface area contributed by atoms with Crippen molar-refractivity contribution in [2.24, 2.45) is 5.92 Å². The van der Waals surface area contributed by atoms with E-state index in [-0.39, 0.29) is 11.8 Å². The molecule has 0 saturated carbocycles. The maximum atomic E-state index is 12.2. The fraction of sp³-hybridized carbons (Fsp3) is 0.818. The maximum Gasteiger partial charge on any atom is 0.327 e. The second-order valence-corrected chi connectivity index (χ2v) is 4.48. The second kappa shape index (κ2) is 5.46. The summed E-state index contributed by atoms with van der Waals surface area (Å²) < 4.78 is 5.21. The Bertz CT molecular complexity index is 302. The average molecular weight is 242 g/mol. The number of nitrogens with one attached hydrogen (secondary N) is 1. The lowest BCUT2D eigenvalue weighted by Crippen LogP contribution is -2.58. The first-order valence-electron chi connectivity index (χ1n) is 6.02. The average Bonchev–Trinajstić information content (AvgIpc) is 2.39. The lowest BCUT2D eigenvalue weighted by Gasteiger charge is -2.36. The molecule has 0 aromatic carbocycles. The van der Waals surface area contributed by atoms with Crippen molar-refractivity contribution in [3.05, 3.63) is 0 Å². The van der Waals surface area contributed by atoms with Gasteiger partial charge in [-0.05, 0) is 12.8 Å². The van der Waals surface area contributed by atoms with Crippen LogP contribution in [0.15, 0.2) is 0 Å². The van der Waals surface area contributed by atoms with E-state index in [9.17, 15) is 9.59 Å². The number of piperazine rings is 1. The van der Waals surface area contributed by atoms with Crippen molar-refractivity contribution in [1.29, 1.82) is 0 Å². The number of rotatable bonds is 2. The van der Waals surface area contributed by atoms with Crippen molar-refractivity contribution in [2.75, 3.05) is 32.8 Å². The first kappa shape index (κ1) is 12.3. The van der Waals surface area contributed by atoms with Crippen LogP contribution in [0, 0.1) is 5.92 Å². The lowest BCUT2D eigenvalue weighted by molar-refractivity contribution is -0.154. The molecule has 6 nitrogen and oxygen atoms in total. The molecular formula is C11H18N2O4. The molecule has 1 unspecified atom stereocenters. The van der Waals surface area contributed by atoms with Crippen LogP contribution in [0.3, 0.4) is 0 Å². The minimum atomic E-state index is -0.933. The molecule has 0 aromatic heterocycles. The van der Waals surface area contributed by atoms with Crippen molar-refractivity contribution >= 4 is 11.9 Å². The molecule has 1 amide bonds. The molecule has 6 heteroatoms. The smallest absolute Gasteiger partial charge is 0.327 e. The van der Waals surface area contributed by atoms with Crippen LogP contribution in [-0.4, -0.2) is 60.8 Å². The molecule has 2 saturated heterocycles. The highest BCUT2D eigenvalue weighted by molar-refractivity contribution is 5.85. The van der Waals surface area contributed by atoms with Gasteiger partial charge in [-0.3, -0.25) is 4.79 Å². The van der Waals surface area contributed by atoms with Gasteiger partial charge in [0.2, 0.25) is 5.91 Å².